The van der Waals surface area contributed by atoms with Crippen molar-refractivity contribution in [1.29, 1.82) is 0 Å². The third-order valence-corrected chi connectivity index (χ3v) is 5.34. The van der Waals surface area contributed by atoms with Crippen LogP contribution in [0.5, 0.6) is 0 Å². The van der Waals surface area contributed by atoms with Gasteiger partial charge in [0, 0.05) is 13.0 Å². The maximum atomic E-state index is 12.3. The smallest absolute Gasteiger partial charge is 0.335 e. The van der Waals surface area contributed by atoms with Crippen LogP contribution in [0, 0.1) is 0 Å². The standard InChI is InChI=1S/C24H27NO4/c26-22(13-8-18-4-2-1-3-5-18)14-11-21-12-15-23(27)25(21)17-16-19-6-9-20(10-7-19)24(28)29/h1-7,9-11,14,21-22,26H,8,12-13,15-17H2,(H,28,29). The maximum Gasteiger partial charge on any atom is 0.335 e. The SMILES string of the molecule is O=C(O)c1ccc(CCN2C(=O)CCC2C=CC(O)CCc2ccccc2)cc1. The van der Waals surface area contributed by atoms with Crippen LogP contribution < -0.4 is 0 Å². The Morgan fingerprint density at radius 2 is 1.76 bits per heavy atom. The van der Waals surface area contributed by atoms with Gasteiger partial charge in [0.1, 0.15) is 0 Å². The van der Waals surface area contributed by atoms with Gasteiger partial charge in [-0.15, -0.1) is 0 Å². The third kappa shape index (κ3) is 6.03. The molecule has 0 saturated carbocycles. The molecule has 0 spiro atoms. The minimum absolute atomic E-state index is 0.00664. The van der Waals surface area contributed by atoms with Gasteiger partial charge in [0.05, 0.1) is 17.7 Å². The molecule has 1 saturated heterocycles. The van der Waals surface area contributed by atoms with Crippen LogP contribution >= 0.6 is 0 Å². The van der Waals surface area contributed by atoms with E-state index in [4.69, 9.17) is 5.11 Å². The molecule has 2 unspecified atom stereocenters. The Balaban J connectivity index is 1.51. The van der Waals surface area contributed by atoms with Crippen LogP contribution in [0.1, 0.15) is 40.7 Å². The van der Waals surface area contributed by atoms with Crippen molar-refractivity contribution >= 4 is 11.9 Å². The monoisotopic (exact) mass is 393 g/mol. The molecule has 2 N–H and O–H groups in total. The van der Waals surface area contributed by atoms with Gasteiger partial charge in [0.25, 0.3) is 0 Å². The van der Waals surface area contributed by atoms with Crippen molar-refractivity contribution in [2.75, 3.05) is 6.54 Å². The number of carbonyl (C=O) groups is 2. The number of nitrogens with zero attached hydrogens (tertiary/aromatic N) is 1. The van der Waals surface area contributed by atoms with Crippen molar-refractivity contribution in [1.82, 2.24) is 4.90 Å². The molecule has 0 aliphatic carbocycles. The van der Waals surface area contributed by atoms with Crippen LogP contribution in [0.25, 0.3) is 0 Å². The van der Waals surface area contributed by atoms with Crippen molar-refractivity contribution in [3.63, 3.8) is 0 Å². The summed E-state index contributed by atoms with van der Waals surface area (Å²) in [6, 6.07) is 16.8. The second-order valence-electron chi connectivity index (χ2n) is 7.42. The molecule has 1 heterocycles. The van der Waals surface area contributed by atoms with E-state index in [1.807, 2.05) is 29.2 Å². The Labute approximate surface area is 171 Å². The highest BCUT2D eigenvalue weighted by molar-refractivity contribution is 5.87. The van der Waals surface area contributed by atoms with Gasteiger partial charge in [-0.2, -0.15) is 0 Å². The number of hydrogen-bond acceptors (Lipinski definition) is 3. The Hall–Kier alpha value is -2.92. The fraction of sp³-hybridized carbons (Fsp3) is 0.333. The summed E-state index contributed by atoms with van der Waals surface area (Å²) in [7, 11) is 0. The first-order chi connectivity index (χ1) is 14.0. The Bertz CT molecular complexity index is 845. The maximum absolute atomic E-state index is 12.3. The Morgan fingerprint density at radius 3 is 2.45 bits per heavy atom. The predicted molar refractivity (Wildman–Crippen MR) is 112 cm³/mol. The normalized spacial score (nSPS) is 17.8. The average molecular weight is 393 g/mol. The number of aromatic carboxylic acids is 1. The minimum atomic E-state index is -0.942. The van der Waals surface area contributed by atoms with Gasteiger partial charge in [0.2, 0.25) is 5.91 Å². The lowest BCUT2D eigenvalue weighted by Gasteiger charge is -2.23. The van der Waals surface area contributed by atoms with E-state index in [9.17, 15) is 14.7 Å². The molecule has 1 aliphatic heterocycles. The van der Waals surface area contributed by atoms with Crippen LogP contribution in [0.4, 0.5) is 0 Å². The lowest BCUT2D eigenvalue weighted by molar-refractivity contribution is -0.128. The lowest BCUT2D eigenvalue weighted by atomic mass is 10.1. The van der Waals surface area contributed by atoms with Crippen molar-refractivity contribution in [3.05, 3.63) is 83.4 Å². The highest BCUT2D eigenvalue weighted by Crippen LogP contribution is 2.21. The van der Waals surface area contributed by atoms with Crippen LogP contribution in [0.15, 0.2) is 66.7 Å². The van der Waals surface area contributed by atoms with Crippen molar-refractivity contribution in [2.45, 2.75) is 44.2 Å². The van der Waals surface area contributed by atoms with Gasteiger partial charge in [-0.1, -0.05) is 54.6 Å². The zero-order valence-corrected chi connectivity index (χ0v) is 16.4. The number of likely N-dealkylation sites (tertiary alicyclic amines) is 1. The summed E-state index contributed by atoms with van der Waals surface area (Å²) >= 11 is 0. The highest BCUT2D eigenvalue weighted by Gasteiger charge is 2.28. The molecule has 2 atom stereocenters. The highest BCUT2D eigenvalue weighted by atomic mass is 16.4. The number of aryl methyl sites for hydroxylation is 1. The van der Waals surface area contributed by atoms with Crippen molar-refractivity contribution < 1.29 is 19.8 Å². The van der Waals surface area contributed by atoms with E-state index in [-0.39, 0.29) is 17.5 Å². The number of amides is 1. The largest absolute Gasteiger partial charge is 0.478 e. The molecule has 5 nitrogen and oxygen atoms in total. The molecule has 2 aromatic rings. The molecular formula is C24H27NO4. The first-order valence-corrected chi connectivity index (χ1v) is 10.0. The molecule has 1 amide bonds. The summed E-state index contributed by atoms with van der Waals surface area (Å²) in [5.41, 5.74) is 2.46. The molecule has 29 heavy (non-hydrogen) atoms. The molecule has 0 bridgehead atoms. The second-order valence-corrected chi connectivity index (χ2v) is 7.42. The van der Waals surface area contributed by atoms with Gasteiger partial charge >= 0.3 is 5.97 Å². The number of carbonyl (C=O) groups excluding carboxylic acids is 1. The fourth-order valence-corrected chi connectivity index (χ4v) is 3.62. The average Bonchev–Trinajstić information content (AvgIpc) is 3.09. The first-order valence-electron chi connectivity index (χ1n) is 10.0. The lowest BCUT2D eigenvalue weighted by Crippen LogP contribution is -2.33. The molecule has 0 aromatic heterocycles. The van der Waals surface area contributed by atoms with Crippen LogP contribution in [-0.4, -0.2) is 45.7 Å². The van der Waals surface area contributed by atoms with E-state index >= 15 is 0 Å². The van der Waals surface area contributed by atoms with Crippen LogP contribution in [0.2, 0.25) is 0 Å². The topological polar surface area (TPSA) is 77.8 Å². The summed E-state index contributed by atoms with van der Waals surface area (Å²) in [5.74, 6) is -0.817. The van der Waals surface area contributed by atoms with Crippen LogP contribution in [0.3, 0.4) is 0 Å². The summed E-state index contributed by atoms with van der Waals surface area (Å²) in [6.07, 6.45) is 6.65. The first kappa shape index (κ1) is 20.8. The number of hydrogen-bond donors (Lipinski definition) is 2. The van der Waals surface area contributed by atoms with Crippen molar-refractivity contribution in [3.8, 4) is 0 Å². The zero-order valence-electron chi connectivity index (χ0n) is 16.4. The second kappa shape index (κ2) is 10.0. The van der Waals surface area contributed by atoms with E-state index in [1.54, 1.807) is 30.3 Å². The minimum Gasteiger partial charge on any atom is -0.478 e. The van der Waals surface area contributed by atoms with E-state index in [0.29, 0.717) is 25.8 Å². The Morgan fingerprint density at radius 1 is 1.07 bits per heavy atom. The summed E-state index contributed by atoms with van der Waals surface area (Å²) in [5, 5.41) is 19.2. The van der Waals surface area contributed by atoms with Gasteiger partial charge in [-0.3, -0.25) is 4.79 Å². The molecule has 1 aliphatic rings. The quantitative estimate of drug-likeness (QED) is 0.640. The number of carboxylic acid groups (broad SMARTS) is 1. The van der Waals surface area contributed by atoms with Gasteiger partial charge in [0.15, 0.2) is 0 Å². The summed E-state index contributed by atoms with van der Waals surface area (Å²) in [6.45, 7) is 0.584. The summed E-state index contributed by atoms with van der Waals surface area (Å²) < 4.78 is 0. The number of carboxylic acids is 1. The molecular weight excluding hydrogens is 366 g/mol. The molecule has 152 valence electrons. The number of benzene rings is 2. The van der Waals surface area contributed by atoms with Crippen LogP contribution in [-0.2, 0) is 17.6 Å². The number of aliphatic hydroxyl groups excluding tert-OH is 1. The zero-order chi connectivity index (χ0) is 20.6. The third-order valence-electron chi connectivity index (χ3n) is 5.34. The van der Waals surface area contributed by atoms with Gasteiger partial charge in [-0.25, -0.2) is 4.79 Å². The molecule has 3 rings (SSSR count). The number of aliphatic hydroxyl groups is 1. The predicted octanol–water partition coefficient (Wildman–Crippen LogP) is 3.47. The van der Waals surface area contributed by atoms with Gasteiger partial charge < -0.3 is 15.1 Å². The summed E-state index contributed by atoms with van der Waals surface area (Å²) in [4.78, 5) is 25.0. The van der Waals surface area contributed by atoms with Gasteiger partial charge in [-0.05, 0) is 48.9 Å². The van der Waals surface area contributed by atoms with E-state index in [2.05, 4.69) is 12.1 Å². The van der Waals surface area contributed by atoms with E-state index < -0.39 is 12.1 Å². The van der Waals surface area contributed by atoms with E-state index in [0.717, 1.165) is 18.4 Å². The molecule has 5 heteroatoms. The number of rotatable bonds is 9. The van der Waals surface area contributed by atoms with E-state index in [1.165, 1.54) is 5.56 Å². The molecule has 0 radical (unpaired) electrons. The molecule has 1 fully saturated rings. The Kier molecular flexibility index (Phi) is 7.19. The molecule has 2 aromatic carbocycles. The van der Waals surface area contributed by atoms with Crippen molar-refractivity contribution in [2.24, 2.45) is 0 Å². The fourth-order valence-electron chi connectivity index (χ4n) is 3.62.